The molecular formula is C10H8ClN5O. The summed E-state index contributed by atoms with van der Waals surface area (Å²) < 4.78 is 0. The monoisotopic (exact) mass is 249 g/mol. The van der Waals surface area contributed by atoms with Gasteiger partial charge >= 0.3 is 0 Å². The number of hydrogen-bond donors (Lipinski definition) is 2. The van der Waals surface area contributed by atoms with E-state index in [2.05, 4.69) is 25.9 Å². The summed E-state index contributed by atoms with van der Waals surface area (Å²) in [5.74, 6) is -0.231. The fraction of sp³-hybridized carbons (Fsp3) is 0. The van der Waals surface area contributed by atoms with Gasteiger partial charge in [-0.1, -0.05) is 34.9 Å². The van der Waals surface area contributed by atoms with E-state index in [1.165, 1.54) is 6.08 Å². The van der Waals surface area contributed by atoms with Gasteiger partial charge in [0.25, 0.3) is 11.9 Å². The Labute approximate surface area is 102 Å². The van der Waals surface area contributed by atoms with Gasteiger partial charge in [-0.15, -0.1) is 5.10 Å². The molecule has 0 saturated carbocycles. The molecule has 86 valence electrons. The van der Waals surface area contributed by atoms with Gasteiger partial charge in [-0.25, -0.2) is 0 Å². The van der Waals surface area contributed by atoms with Gasteiger partial charge in [-0.05, 0) is 22.9 Å². The minimum absolute atomic E-state index is 0.124. The van der Waals surface area contributed by atoms with Gasteiger partial charge in [0.05, 0.1) is 0 Å². The predicted octanol–water partition coefficient (Wildman–Crippen LogP) is 1.50. The zero-order chi connectivity index (χ0) is 12.1. The van der Waals surface area contributed by atoms with Gasteiger partial charge in [0, 0.05) is 11.1 Å². The molecule has 0 spiro atoms. The fourth-order valence-corrected chi connectivity index (χ4v) is 1.34. The molecule has 2 N–H and O–H groups in total. The van der Waals surface area contributed by atoms with Crippen LogP contribution in [-0.2, 0) is 4.79 Å². The highest BCUT2D eigenvalue weighted by molar-refractivity contribution is 6.32. The molecule has 0 aliphatic rings. The van der Waals surface area contributed by atoms with Gasteiger partial charge in [0.15, 0.2) is 0 Å². The number of aromatic amines is 1. The molecule has 1 heterocycles. The quantitative estimate of drug-likeness (QED) is 0.808. The number of nitrogens with one attached hydrogen (secondary N) is 2. The Bertz CT molecular complexity index is 537. The summed E-state index contributed by atoms with van der Waals surface area (Å²) in [6.45, 7) is 0. The molecule has 0 aliphatic heterocycles. The van der Waals surface area contributed by atoms with Gasteiger partial charge in [0.1, 0.15) is 0 Å². The largest absolute Gasteiger partial charge is 0.288 e. The minimum Gasteiger partial charge on any atom is -0.288 e. The maximum absolute atomic E-state index is 11.4. The van der Waals surface area contributed by atoms with Crippen LogP contribution >= 0.6 is 11.6 Å². The molecule has 0 saturated heterocycles. The van der Waals surface area contributed by atoms with E-state index in [0.29, 0.717) is 5.02 Å². The van der Waals surface area contributed by atoms with E-state index in [1.54, 1.807) is 18.2 Å². The summed E-state index contributed by atoms with van der Waals surface area (Å²) in [6, 6.07) is 7.21. The number of amides is 1. The van der Waals surface area contributed by atoms with Crippen LogP contribution in [0.2, 0.25) is 5.02 Å². The maximum atomic E-state index is 11.4. The van der Waals surface area contributed by atoms with Crippen molar-refractivity contribution in [3.63, 3.8) is 0 Å². The second-order valence-electron chi connectivity index (χ2n) is 3.08. The Morgan fingerprint density at radius 1 is 1.41 bits per heavy atom. The summed E-state index contributed by atoms with van der Waals surface area (Å²) in [7, 11) is 0. The highest BCUT2D eigenvalue weighted by atomic mass is 35.5. The van der Waals surface area contributed by atoms with Crippen molar-refractivity contribution in [2.24, 2.45) is 0 Å². The van der Waals surface area contributed by atoms with E-state index in [1.807, 2.05) is 12.1 Å². The van der Waals surface area contributed by atoms with E-state index in [-0.39, 0.29) is 11.9 Å². The van der Waals surface area contributed by atoms with Crippen LogP contribution < -0.4 is 5.32 Å². The number of benzene rings is 1. The number of rotatable bonds is 3. The molecular weight excluding hydrogens is 242 g/mol. The first-order chi connectivity index (χ1) is 8.25. The maximum Gasteiger partial charge on any atom is 0.270 e. The number of H-pyrrole nitrogens is 1. The number of nitrogens with zero attached hydrogens (tertiary/aromatic N) is 3. The second kappa shape index (κ2) is 5.22. The van der Waals surface area contributed by atoms with Crippen LogP contribution in [0.3, 0.4) is 0 Å². The van der Waals surface area contributed by atoms with Crippen molar-refractivity contribution in [1.82, 2.24) is 20.6 Å². The van der Waals surface area contributed by atoms with Crippen LogP contribution in [0.4, 0.5) is 5.95 Å². The zero-order valence-electron chi connectivity index (χ0n) is 8.59. The smallest absolute Gasteiger partial charge is 0.270 e. The van der Waals surface area contributed by atoms with Crippen LogP contribution in [0, 0.1) is 0 Å². The van der Waals surface area contributed by atoms with Crippen molar-refractivity contribution in [3.05, 3.63) is 40.9 Å². The lowest BCUT2D eigenvalue weighted by molar-refractivity contribution is -0.111. The van der Waals surface area contributed by atoms with Gasteiger partial charge in [0.2, 0.25) is 0 Å². The van der Waals surface area contributed by atoms with Crippen molar-refractivity contribution in [2.45, 2.75) is 0 Å². The van der Waals surface area contributed by atoms with Crippen LogP contribution in [-0.4, -0.2) is 26.5 Å². The fourth-order valence-electron chi connectivity index (χ4n) is 1.14. The van der Waals surface area contributed by atoms with Crippen molar-refractivity contribution >= 4 is 29.5 Å². The average Bonchev–Trinajstić information content (AvgIpc) is 2.81. The van der Waals surface area contributed by atoms with Crippen molar-refractivity contribution in [2.75, 3.05) is 5.32 Å². The lowest BCUT2D eigenvalue weighted by Gasteiger charge is -1.96. The third kappa shape index (κ3) is 3.12. The Hall–Kier alpha value is -2.21. The number of aromatic nitrogens is 4. The number of halogens is 1. The molecule has 1 aromatic carbocycles. The van der Waals surface area contributed by atoms with Crippen molar-refractivity contribution in [1.29, 1.82) is 0 Å². The Kier molecular flexibility index (Phi) is 3.46. The molecule has 0 unspecified atom stereocenters. The first kappa shape index (κ1) is 11.3. The molecule has 0 bridgehead atoms. The number of anilines is 1. The predicted molar refractivity (Wildman–Crippen MR) is 63.3 cm³/mol. The number of tetrazole rings is 1. The summed E-state index contributed by atoms with van der Waals surface area (Å²) in [6.07, 6.45) is 2.95. The Balaban J connectivity index is 2.01. The molecule has 0 fully saturated rings. The van der Waals surface area contributed by atoms with Crippen LogP contribution in [0.5, 0.6) is 0 Å². The van der Waals surface area contributed by atoms with E-state index in [0.717, 1.165) is 5.56 Å². The van der Waals surface area contributed by atoms with Crippen molar-refractivity contribution in [3.8, 4) is 0 Å². The van der Waals surface area contributed by atoms with Gasteiger partial charge in [-0.3, -0.25) is 10.1 Å². The molecule has 2 aromatic rings. The SMILES string of the molecule is O=C(C=Cc1ccccc1Cl)Nc1nn[nH]n1. The van der Waals surface area contributed by atoms with E-state index in [4.69, 9.17) is 11.6 Å². The number of carbonyl (C=O) groups is 1. The molecule has 7 heteroatoms. The molecule has 17 heavy (non-hydrogen) atoms. The molecule has 0 radical (unpaired) electrons. The van der Waals surface area contributed by atoms with E-state index in [9.17, 15) is 4.79 Å². The molecule has 1 amide bonds. The third-order valence-electron chi connectivity index (χ3n) is 1.90. The molecule has 2 rings (SSSR count). The zero-order valence-corrected chi connectivity index (χ0v) is 9.35. The van der Waals surface area contributed by atoms with E-state index < -0.39 is 0 Å². The summed E-state index contributed by atoms with van der Waals surface area (Å²) in [5.41, 5.74) is 0.762. The molecule has 6 nitrogen and oxygen atoms in total. The van der Waals surface area contributed by atoms with Crippen molar-refractivity contribution < 1.29 is 4.79 Å². The average molecular weight is 250 g/mol. The van der Waals surface area contributed by atoms with Crippen LogP contribution in [0.1, 0.15) is 5.56 Å². The molecule has 0 aliphatic carbocycles. The second-order valence-corrected chi connectivity index (χ2v) is 3.49. The first-order valence-electron chi connectivity index (χ1n) is 4.73. The third-order valence-corrected chi connectivity index (χ3v) is 2.24. The first-order valence-corrected chi connectivity index (χ1v) is 5.10. The number of carbonyl (C=O) groups excluding carboxylic acids is 1. The topological polar surface area (TPSA) is 83.6 Å². The van der Waals surface area contributed by atoms with Gasteiger partial charge in [-0.2, -0.15) is 5.21 Å². The standard InChI is InChI=1S/C10H8ClN5O/c11-8-4-2-1-3-7(8)5-6-9(17)12-10-13-15-16-14-10/h1-6H,(H2,12,13,14,15,16,17). The lowest BCUT2D eigenvalue weighted by Crippen LogP contribution is -2.09. The summed E-state index contributed by atoms with van der Waals surface area (Å²) in [5, 5.41) is 15.7. The van der Waals surface area contributed by atoms with Crippen LogP contribution in [0.25, 0.3) is 6.08 Å². The normalized spacial score (nSPS) is 10.6. The minimum atomic E-state index is -0.355. The Morgan fingerprint density at radius 2 is 2.24 bits per heavy atom. The summed E-state index contributed by atoms with van der Waals surface area (Å²) in [4.78, 5) is 11.4. The summed E-state index contributed by atoms with van der Waals surface area (Å²) >= 11 is 5.93. The highest BCUT2D eigenvalue weighted by Crippen LogP contribution is 2.16. The molecule has 0 atom stereocenters. The van der Waals surface area contributed by atoms with E-state index >= 15 is 0 Å². The number of hydrogen-bond acceptors (Lipinski definition) is 4. The van der Waals surface area contributed by atoms with Gasteiger partial charge < -0.3 is 0 Å². The highest BCUT2D eigenvalue weighted by Gasteiger charge is 2.01. The van der Waals surface area contributed by atoms with Crippen LogP contribution in [0.15, 0.2) is 30.3 Å². The Morgan fingerprint density at radius 3 is 2.94 bits per heavy atom. The molecule has 1 aromatic heterocycles. The lowest BCUT2D eigenvalue weighted by atomic mass is 10.2.